The third-order valence-electron chi connectivity index (χ3n) is 3.85. The summed E-state index contributed by atoms with van der Waals surface area (Å²) in [6.07, 6.45) is 6.41. The number of rotatable bonds is 3. The van der Waals surface area contributed by atoms with E-state index < -0.39 is 5.54 Å². The van der Waals surface area contributed by atoms with E-state index in [1.807, 2.05) is 23.6 Å². The fourth-order valence-corrected chi connectivity index (χ4v) is 3.29. The minimum atomic E-state index is -0.741. The Labute approximate surface area is 151 Å². The second kappa shape index (κ2) is 8.59. The molecule has 0 radical (unpaired) electrons. The molecule has 0 saturated heterocycles. The molecule has 3 rings (SSSR count). The summed E-state index contributed by atoms with van der Waals surface area (Å²) in [6, 6.07) is 5.67. The summed E-state index contributed by atoms with van der Waals surface area (Å²) in [5.74, 6) is -0.121. The summed E-state index contributed by atoms with van der Waals surface area (Å²) < 4.78 is 0. The van der Waals surface area contributed by atoms with Crippen LogP contribution in [0.15, 0.2) is 29.8 Å². The van der Waals surface area contributed by atoms with Crippen molar-refractivity contribution in [2.75, 3.05) is 5.32 Å². The Morgan fingerprint density at radius 3 is 2.57 bits per heavy atom. The highest BCUT2D eigenvalue weighted by Gasteiger charge is 2.35. The maximum atomic E-state index is 12.3. The molecule has 1 fully saturated rings. The summed E-state index contributed by atoms with van der Waals surface area (Å²) in [6.45, 7) is 0. The van der Waals surface area contributed by atoms with Gasteiger partial charge in [-0.2, -0.15) is 0 Å². The summed E-state index contributed by atoms with van der Waals surface area (Å²) >= 11 is 1.40. The van der Waals surface area contributed by atoms with Gasteiger partial charge in [-0.1, -0.05) is 25.3 Å². The van der Waals surface area contributed by atoms with Crippen molar-refractivity contribution in [1.29, 1.82) is 0 Å². The summed E-state index contributed by atoms with van der Waals surface area (Å²) in [5.41, 5.74) is 7.05. The van der Waals surface area contributed by atoms with E-state index in [0.717, 1.165) is 43.5 Å². The molecule has 2 aromatic heterocycles. The second-order valence-corrected chi connectivity index (χ2v) is 6.28. The van der Waals surface area contributed by atoms with Crippen LogP contribution in [0, 0.1) is 0 Å². The lowest BCUT2D eigenvalue weighted by atomic mass is 9.82. The van der Waals surface area contributed by atoms with Crippen LogP contribution in [0.4, 0.5) is 5.13 Å². The number of anilines is 1. The molecule has 1 saturated carbocycles. The maximum absolute atomic E-state index is 12.3. The number of carbonyl (C=O) groups excluding carboxylic acids is 1. The maximum Gasteiger partial charge on any atom is 0.246 e. The van der Waals surface area contributed by atoms with Crippen LogP contribution >= 0.6 is 36.2 Å². The normalized spacial score (nSPS) is 15.9. The number of pyridine rings is 1. The van der Waals surface area contributed by atoms with Crippen molar-refractivity contribution in [1.82, 2.24) is 9.97 Å². The highest BCUT2D eigenvalue weighted by atomic mass is 35.5. The van der Waals surface area contributed by atoms with Crippen LogP contribution in [0.2, 0.25) is 0 Å². The van der Waals surface area contributed by atoms with E-state index in [2.05, 4.69) is 15.3 Å². The van der Waals surface area contributed by atoms with Gasteiger partial charge < -0.3 is 11.1 Å². The Bertz CT molecular complexity index is 629. The Morgan fingerprint density at radius 1 is 1.17 bits per heavy atom. The number of nitrogens with two attached hydrogens (primary N) is 1. The number of halogens is 2. The Balaban J connectivity index is 0.00000132. The first-order valence-corrected chi connectivity index (χ1v) is 8.03. The molecule has 5 nitrogen and oxygen atoms in total. The van der Waals surface area contributed by atoms with Gasteiger partial charge in [-0.05, 0) is 25.0 Å². The highest BCUT2D eigenvalue weighted by Crippen LogP contribution is 2.29. The zero-order valence-corrected chi connectivity index (χ0v) is 15.0. The van der Waals surface area contributed by atoms with Crippen molar-refractivity contribution < 1.29 is 4.79 Å². The van der Waals surface area contributed by atoms with E-state index in [0.29, 0.717) is 5.13 Å². The Morgan fingerprint density at radius 2 is 1.91 bits per heavy atom. The molecule has 1 amide bonds. The molecule has 2 heterocycles. The quantitative estimate of drug-likeness (QED) is 0.858. The van der Waals surface area contributed by atoms with Gasteiger partial charge in [0.1, 0.15) is 5.69 Å². The van der Waals surface area contributed by atoms with Crippen LogP contribution in [-0.4, -0.2) is 21.4 Å². The lowest BCUT2D eigenvalue weighted by molar-refractivity contribution is -0.122. The van der Waals surface area contributed by atoms with E-state index in [1.165, 1.54) is 11.3 Å². The first-order valence-electron chi connectivity index (χ1n) is 7.15. The van der Waals surface area contributed by atoms with E-state index in [-0.39, 0.29) is 30.7 Å². The molecule has 0 atom stereocenters. The van der Waals surface area contributed by atoms with Crippen molar-refractivity contribution >= 4 is 47.2 Å². The Kier molecular flexibility index (Phi) is 7.41. The third-order valence-corrected chi connectivity index (χ3v) is 4.61. The molecule has 2 aromatic rings. The van der Waals surface area contributed by atoms with Gasteiger partial charge in [0, 0.05) is 11.6 Å². The molecule has 126 valence electrons. The van der Waals surface area contributed by atoms with Crippen LogP contribution in [0.3, 0.4) is 0 Å². The van der Waals surface area contributed by atoms with Gasteiger partial charge in [0.15, 0.2) is 5.13 Å². The molecule has 23 heavy (non-hydrogen) atoms. The van der Waals surface area contributed by atoms with Gasteiger partial charge in [0.2, 0.25) is 5.91 Å². The Hall–Kier alpha value is -1.21. The number of thiazole rings is 1. The van der Waals surface area contributed by atoms with Gasteiger partial charge >= 0.3 is 0 Å². The zero-order valence-electron chi connectivity index (χ0n) is 12.5. The monoisotopic (exact) mass is 374 g/mol. The van der Waals surface area contributed by atoms with Crippen molar-refractivity contribution in [3.8, 4) is 11.4 Å². The summed E-state index contributed by atoms with van der Waals surface area (Å²) in [5, 5.41) is 5.33. The molecule has 1 aliphatic rings. The van der Waals surface area contributed by atoms with Gasteiger partial charge in [0.05, 0.1) is 11.2 Å². The van der Waals surface area contributed by atoms with E-state index in [1.54, 1.807) is 6.20 Å². The predicted octanol–water partition coefficient (Wildman–Crippen LogP) is 3.65. The molecule has 1 aliphatic carbocycles. The number of hydrogen-bond acceptors (Lipinski definition) is 5. The molecule has 3 N–H and O–H groups in total. The largest absolute Gasteiger partial charge is 0.317 e. The first-order chi connectivity index (χ1) is 10.2. The summed E-state index contributed by atoms with van der Waals surface area (Å²) in [4.78, 5) is 21.0. The van der Waals surface area contributed by atoms with Gasteiger partial charge in [-0.15, -0.1) is 36.2 Å². The van der Waals surface area contributed by atoms with Gasteiger partial charge in [-0.25, -0.2) is 4.98 Å². The van der Waals surface area contributed by atoms with Crippen LogP contribution in [0.1, 0.15) is 32.1 Å². The molecule has 0 bridgehead atoms. The number of aromatic nitrogens is 2. The highest BCUT2D eigenvalue weighted by molar-refractivity contribution is 7.14. The van der Waals surface area contributed by atoms with Gasteiger partial charge in [0.25, 0.3) is 0 Å². The number of nitrogens with one attached hydrogen (secondary N) is 1. The molecule has 0 aromatic carbocycles. The molecule has 0 aliphatic heterocycles. The number of hydrogen-bond donors (Lipinski definition) is 2. The average Bonchev–Trinajstić information content (AvgIpc) is 2.97. The fraction of sp³-hybridized carbons (Fsp3) is 0.400. The summed E-state index contributed by atoms with van der Waals surface area (Å²) in [7, 11) is 0. The fourth-order valence-electron chi connectivity index (χ4n) is 2.59. The third kappa shape index (κ3) is 4.64. The van der Waals surface area contributed by atoms with E-state index in [4.69, 9.17) is 5.73 Å². The second-order valence-electron chi connectivity index (χ2n) is 5.42. The lowest BCUT2D eigenvalue weighted by Crippen LogP contribution is -2.52. The standard InChI is InChI=1S/C15H18N4OS.2ClH/c16-15(7-3-1-4-8-15)13(20)19-14-18-12(10-21-14)11-6-2-5-9-17-11;;/h2,5-6,9-10H,1,3-4,7-8,16H2,(H,18,19,20);2*1H. The van der Waals surface area contributed by atoms with Gasteiger partial charge in [-0.3, -0.25) is 9.78 Å². The lowest BCUT2D eigenvalue weighted by Gasteiger charge is -2.31. The molecular formula is C15H20Cl2N4OS. The molecule has 0 unspecified atom stereocenters. The van der Waals surface area contributed by atoms with Crippen LogP contribution in [0.25, 0.3) is 11.4 Å². The molecule has 8 heteroatoms. The van der Waals surface area contributed by atoms with Crippen LogP contribution in [0.5, 0.6) is 0 Å². The van der Waals surface area contributed by atoms with E-state index >= 15 is 0 Å². The van der Waals surface area contributed by atoms with Crippen molar-refractivity contribution in [2.24, 2.45) is 5.73 Å². The molecule has 0 spiro atoms. The first kappa shape index (κ1) is 19.8. The van der Waals surface area contributed by atoms with Crippen molar-refractivity contribution in [2.45, 2.75) is 37.6 Å². The predicted molar refractivity (Wildman–Crippen MR) is 98.5 cm³/mol. The zero-order chi connectivity index (χ0) is 14.7. The van der Waals surface area contributed by atoms with Crippen molar-refractivity contribution in [3.63, 3.8) is 0 Å². The number of amides is 1. The SMILES string of the molecule is Cl.Cl.NC1(C(=O)Nc2nc(-c3ccccn3)cs2)CCCCC1. The molecular weight excluding hydrogens is 355 g/mol. The smallest absolute Gasteiger partial charge is 0.246 e. The minimum Gasteiger partial charge on any atom is -0.317 e. The van der Waals surface area contributed by atoms with Crippen LogP contribution < -0.4 is 11.1 Å². The number of nitrogens with zero attached hydrogens (tertiary/aromatic N) is 2. The van der Waals surface area contributed by atoms with E-state index in [9.17, 15) is 4.79 Å². The topological polar surface area (TPSA) is 80.9 Å². The van der Waals surface area contributed by atoms with Crippen molar-refractivity contribution in [3.05, 3.63) is 29.8 Å². The number of carbonyl (C=O) groups is 1. The minimum absolute atomic E-state index is 0. The average molecular weight is 375 g/mol. The van der Waals surface area contributed by atoms with Crippen LogP contribution in [-0.2, 0) is 4.79 Å².